The first-order valence-corrected chi connectivity index (χ1v) is 9.96. The van der Waals surface area contributed by atoms with Crippen LogP contribution in [-0.2, 0) is 19.4 Å². The number of rotatable bonds is 4. The van der Waals surface area contributed by atoms with Crippen molar-refractivity contribution in [3.05, 3.63) is 22.3 Å². The van der Waals surface area contributed by atoms with Gasteiger partial charge in [-0.15, -0.1) is 0 Å². The summed E-state index contributed by atoms with van der Waals surface area (Å²) < 4.78 is 7.44. The van der Waals surface area contributed by atoms with Crippen LogP contribution >= 0.6 is 40.9 Å². The molecule has 0 saturated carbocycles. The summed E-state index contributed by atoms with van der Waals surface area (Å²) in [6, 6.07) is 0. The molecule has 0 aliphatic carbocycles. The summed E-state index contributed by atoms with van der Waals surface area (Å²) in [5.41, 5.74) is 1.02. The van der Waals surface area contributed by atoms with Crippen LogP contribution in [-0.4, -0.2) is 4.40 Å². The van der Waals surface area contributed by atoms with Crippen molar-refractivity contribution in [3.8, 4) is 0 Å². The van der Waals surface area contributed by atoms with Crippen molar-refractivity contribution in [3.63, 3.8) is 0 Å². The summed E-state index contributed by atoms with van der Waals surface area (Å²) in [4.78, 5) is 0. The van der Waals surface area contributed by atoms with Gasteiger partial charge in [-0.25, -0.2) is 0 Å². The van der Waals surface area contributed by atoms with Gasteiger partial charge in [-0.05, 0) is 0 Å². The third kappa shape index (κ3) is 6.01. The molecule has 0 heterocycles. The van der Waals surface area contributed by atoms with Crippen molar-refractivity contribution in [2.24, 2.45) is 4.74 Å². The summed E-state index contributed by atoms with van der Waals surface area (Å²) in [5, 5.41) is 0. The van der Waals surface area contributed by atoms with E-state index in [0.717, 1.165) is 26.2 Å². The van der Waals surface area contributed by atoms with E-state index < -0.39 is 0 Å². The van der Waals surface area contributed by atoms with E-state index in [4.69, 9.17) is 0 Å². The fourth-order valence-corrected chi connectivity index (χ4v) is 3.88. The average Bonchev–Trinajstić information content (AvgIpc) is 2.06. The normalized spacial score (nSPS) is 14.9. The van der Waals surface area contributed by atoms with Crippen molar-refractivity contribution in [1.29, 1.82) is 0 Å². The Kier molecular flexibility index (Phi) is 10.2. The van der Waals surface area contributed by atoms with E-state index >= 15 is 0 Å². The third-order valence-electron chi connectivity index (χ3n) is 0.843. The van der Waals surface area contributed by atoms with Gasteiger partial charge in [-0.1, -0.05) is 0 Å². The Morgan fingerprint density at radius 2 is 2.50 bits per heavy atom. The van der Waals surface area contributed by atoms with Crippen LogP contribution in [0.15, 0.2) is 21.0 Å². The molecule has 1 nitrogen and oxygen atoms in total. The van der Waals surface area contributed by atoms with Crippen LogP contribution in [0.25, 0.3) is 0 Å². The number of allylic oxidation sites excluding steroid dienone is 4. The minimum absolute atomic E-state index is 0.771. The fraction of sp³-hybridized carbons (Fsp3) is 0.167. The van der Waals surface area contributed by atoms with E-state index in [1.807, 2.05) is 13.0 Å². The first-order valence-electron chi connectivity index (χ1n) is 2.98. The van der Waals surface area contributed by atoms with Gasteiger partial charge in [-0.2, -0.15) is 0 Å². The Balaban J connectivity index is 4.60. The van der Waals surface area contributed by atoms with E-state index in [-0.39, 0.29) is 0 Å². The van der Waals surface area contributed by atoms with Crippen LogP contribution in [0.5, 0.6) is 0 Å². The molecule has 0 aliphatic heterocycles. The molecule has 12 heavy (non-hydrogen) atoms. The van der Waals surface area contributed by atoms with Gasteiger partial charge in [0, 0.05) is 0 Å². The predicted molar refractivity (Wildman–Crippen MR) is 62.9 cm³/mol. The number of nitrogens with zero attached hydrogens (tertiary/aromatic N) is 1. The second kappa shape index (κ2) is 9.05. The Bertz CT molecular complexity index is 237. The molecule has 0 radical (unpaired) electrons. The molecule has 0 aromatic carbocycles. The second-order valence-corrected chi connectivity index (χ2v) is 7.67. The van der Waals surface area contributed by atoms with Crippen LogP contribution in [0, 0.1) is 6.08 Å². The summed E-state index contributed by atoms with van der Waals surface area (Å²) in [7, 11) is 4.56. The molecule has 0 aliphatic rings. The molecule has 0 amide bonds. The van der Waals surface area contributed by atoms with Gasteiger partial charge in [0.1, 0.15) is 0 Å². The van der Waals surface area contributed by atoms with Gasteiger partial charge < -0.3 is 0 Å². The third-order valence-corrected chi connectivity index (χ3v) is 4.40. The Labute approximate surface area is 98.1 Å². The maximum absolute atomic E-state index is 4.37. The standard InChI is InChI=1S/C6H8BrNP3.W/c1-3-4-6(7)5(2)8-10-11-9;/h2,4,11H,9H2,1H3;/q-1;/b6-5-;. The average molecular weight is 451 g/mol. The first kappa shape index (κ1) is 13.5. The maximum atomic E-state index is 4.37. The fourth-order valence-electron chi connectivity index (χ4n) is 0.411. The monoisotopic (exact) mass is 450 g/mol. The number of hydrogen-bond donors (Lipinski definition) is 0. The Morgan fingerprint density at radius 3 is 2.92 bits per heavy atom. The molecular formula is C6H8BrNP3W-. The van der Waals surface area contributed by atoms with Crippen LogP contribution < -0.4 is 0 Å². The summed E-state index contributed by atoms with van der Waals surface area (Å²) in [6.07, 6.45) is 4.84. The van der Waals surface area contributed by atoms with E-state index in [1.54, 1.807) is 0 Å². The van der Waals surface area contributed by atoms with Crippen LogP contribution in [0.2, 0.25) is 0 Å². The summed E-state index contributed by atoms with van der Waals surface area (Å²) in [5.74, 6) is 0. The van der Waals surface area contributed by atoms with E-state index in [0.29, 0.717) is 0 Å². The van der Waals surface area contributed by atoms with Gasteiger partial charge in [0.05, 0.1) is 0 Å². The molecule has 0 bridgehead atoms. The molecule has 0 aromatic heterocycles. The quantitative estimate of drug-likeness (QED) is 0.351. The van der Waals surface area contributed by atoms with E-state index in [1.165, 1.54) is 19.4 Å². The van der Waals surface area contributed by atoms with Gasteiger partial charge in [0.25, 0.3) is 0 Å². The first-order chi connectivity index (χ1) is 5.76. The van der Waals surface area contributed by atoms with Crippen molar-refractivity contribution < 1.29 is 19.4 Å². The molecule has 66 valence electrons. The summed E-state index contributed by atoms with van der Waals surface area (Å²) in [6.45, 7) is 1.87. The molecule has 0 rings (SSSR count). The Morgan fingerprint density at radius 1 is 1.83 bits per heavy atom. The topological polar surface area (TPSA) is 12.4 Å². The molecule has 2 atom stereocenters. The predicted octanol–water partition coefficient (Wildman–Crippen LogP) is 3.83. The number of halogens is 1. The molecule has 0 N–H and O–H groups in total. The molecule has 0 aromatic rings. The Hall–Kier alpha value is 1.48. The molecular weight excluding hydrogens is 443 g/mol. The molecule has 2 unspecified atom stereocenters. The number of hydrogen-bond acceptors (Lipinski definition) is 1. The minimum atomic E-state index is 0.771. The van der Waals surface area contributed by atoms with E-state index in [2.05, 4.69) is 40.1 Å². The van der Waals surface area contributed by atoms with Gasteiger partial charge >= 0.3 is 98.6 Å². The molecule has 0 spiro atoms. The second-order valence-electron chi connectivity index (χ2n) is 1.61. The zero-order valence-electron chi connectivity index (χ0n) is 6.41. The van der Waals surface area contributed by atoms with Crippen molar-refractivity contribution in [2.45, 2.75) is 6.92 Å². The summed E-state index contributed by atoms with van der Waals surface area (Å²) >= 11 is 4.85. The van der Waals surface area contributed by atoms with E-state index in [9.17, 15) is 0 Å². The molecule has 6 heteroatoms. The van der Waals surface area contributed by atoms with Crippen LogP contribution in [0.3, 0.4) is 0 Å². The molecule has 0 saturated heterocycles. The molecule has 0 fully saturated rings. The van der Waals surface area contributed by atoms with Crippen molar-refractivity contribution in [1.82, 2.24) is 0 Å². The van der Waals surface area contributed by atoms with Crippen LogP contribution in [0.1, 0.15) is 6.92 Å². The van der Waals surface area contributed by atoms with Crippen molar-refractivity contribution >= 4 is 45.3 Å². The van der Waals surface area contributed by atoms with Gasteiger partial charge in [0.15, 0.2) is 0 Å². The zero-order valence-corrected chi connectivity index (χ0v) is 14.0. The van der Waals surface area contributed by atoms with Crippen molar-refractivity contribution in [2.75, 3.05) is 0 Å². The van der Waals surface area contributed by atoms with Crippen LogP contribution in [0.4, 0.5) is 0 Å². The zero-order chi connectivity index (χ0) is 9.40. The SMILES string of the molecule is C[C-]=C/C(Br)=C(\[CH]=[W])N=PPP. The van der Waals surface area contributed by atoms with Gasteiger partial charge in [-0.3, -0.25) is 0 Å². The van der Waals surface area contributed by atoms with Gasteiger partial charge in [0.2, 0.25) is 0 Å².